The van der Waals surface area contributed by atoms with Crippen molar-refractivity contribution in [3.05, 3.63) is 87.8 Å². The fourth-order valence-electron chi connectivity index (χ4n) is 3.27. The summed E-state index contributed by atoms with van der Waals surface area (Å²) in [7, 11) is 0. The molecule has 0 bridgehead atoms. The molecule has 4 aromatic rings. The monoisotopic (exact) mass is 552 g/mol. The Labute approximate surface area is 196 Å². The van der Waals surface area contributed by atoms with Crippen molar-refractivity contribution in [2.24, 2.45) is 0 Å². The van der Waals surface area contributed by atoms with Crippen LogP contribution in [0.3, 0.4) is 0 Å². The van der Waals surface area contributed by atoms with Crippen LogP contribution in [0.4, 0.5) is 8.78 Å². The van der Waals surface area contributed by atoms with E-state index in [0.717, 1.165) is 21.4 Å². The Morgan fingerprint density at radius 3 is 2.66 bits per heavy atom. The van der Waals surface area contributed by atoms with E-state index in [-0.39, 0.29) is 18.7 Å². The molecule has 0 fully saturated rings. The lowest BCUT2D eigenvalue weighted by atomic mass is 9.88. The summed E-state index contributed by atoms with van der Waals surface area (Å²) >= 11 is 2.22. The summed E-state index contributed by atoms with van der Waals surface area (Å²) in [5.41, 5.74) is -0.590. The molecule has 166 valence electrons. The summed E-state index contributed by atoms with van der Waals surface area (Å²) in [6.45, 7) is 1.48. The average molecular weight is 552 g/mol. The van der Waals surface area contributed by atoms with Crippen LogP contribution in [0.5, 0.6) is 0 Å². The summed E-state index contributed by atoms with van der Waals surface area (Å²) in [5, 5.41) is 23.6. The van der Waals surface area contributed by atoms with Crippen LogP contribution in [0.1, 0.15) is 18.2 Å². The Morgan fingerprint density at radius 2 is 1.97 bits per heavy atom. The van der Waals surface area contributed by atoms with Gasteiger partial charge in [-0.25, -0.2) is 23.1 Å². The molecule has 0 aliphatic heterocycles. The zero-order chi connectivity index (χ0) is 22.7. The maximum absolute atomic E-state index is 14.6. The van der Waals surface area contributed by atoms with Gasteiger partial charge in [-0.05, 0) is 59.8 Å². The van der Waals surface area contributed by atoms with Crippen LogP contribution in [0.25, 0.3) is 5.69 Å². The van der Waals surface area contributed by atoms with E-state index in [1.165, 1.54) is 23.4 Å². The molecule has 32 heavy (non-hydrogen) atoms. The molecule has 2 aromatic carbocycles. The minimum Gasteiger partial charge on any atom is -0.380 e. The van der Waals surface area contributed by atoms with Gasteiger partial charge >= 0.3 is 0 Å². The predicted octanol–water partition coefficient (Wildman–Crippen LogP) is 3.23. The van der Waals surface area contributed by atoms with Crippen LogP contribution >= 0.6 is 22.6 Å². The summed E-state index contributed by atoms with van der Waals surface area (Å²) in [4.78, 5) is 3.85. The molecule has 0 spiro atoms. The van der Waals surface area contributed by atoms with E-state index < -0.39 is 23.3 Å². The van der Waals surface area contributed by atoms with Crippen molar-refractivity contribution in [3.63, 3.8) is 0 Å². The van der Waals surface area contributed by atoms with Gasteiger partial charge in [-0.1, -0.05) is 11.3 Å². The molecule has 0 aliphatic rings. The lowest BCUT2D eigenvalue weighted by Crippen LogP contribution is -2.44. The van der Waals surface area contributed by atoms with Crippen molar-refractivity contribution in [1.29, 1.82) is 0 Å². The molecule has 1 N–H and O–H groups in total. The van der Waals surface area contributed by atoms with Crippen LogP contribution < -0.4 is 0 Å². The molecular formula is C21H19F2IN6O2. The molecule has 8 nitrogen and oxygen atoms in total. The molecule has 0 unspecified atom stereocenters. The van der Waals surface area contributed by atoms with Gasteiger partial charge in [0.2, 0.25) is 0 Å². The Bertz CT molecular complexity index is 1190. The van der Waals surface area contributed by atoms with Crippen molar-refractivity contribution in [1.82, 2.24) is 29.8 Å². The van der Waals surface area contributed by atoms with Gasteiger partial charge in [0.1, 0.15) is 35.6 Å². The lowest BCUT2D eigenvalue weighted by molar-refractivity contribution is -0.124. The molecule has 0 radical (unpaired) electrons. The maximum Gasteiger partial charge on any atom is 0.138 e. The highest BCUT2D eigenvalue weighted by Gasteiger charge is 2.40. The van der Waals surface area contributed by atoms with E-state index in [0.29, 0.717) is 5.69 Å². The Morgan fingerprint density at radius 1 is 1.19 bits per heavy atom. The number of aliphatic hydroxyl groups is 1. The summed E-state index contributed by atoms with van der Waals surface area (Å²) in [5.74, 6) is -1.62. The molecule has 2 atom stereocenters. The number of rotatable bonds is 8. The molecule has 0 aliphatic carbocycles. The van der Waals surface area contributed by atoms with Gasteiger partial charge in [0.05, 0.1) is 31.1 Å². The predicted molar refractivity (Wildman–Crippen MR) is 119 cm³/mol. The van der Waals surface area contributed by atoms with Gasteiger partial charge in [0.25, 0.3) is 0 Å². The molecule has 0 saturated heterocycles. The SMILES string of the molecule is C[C@@H](OCc1cn(-c2ccc(I)cc2)nn1)[C@](O)(Cn1cncn1)c1ccc(F)cc1F. The maximum atomic E-state index is 14.6. The van der Waals surface area contributed by atoms with Crippen molar-refractivity contribution >= 4 is 22.6 Å². The Kier molecular flexibility index (Phi) is 6.58. The first kappa shape index (κ1) is 22.4. The summed E-state index contributed by atoms with van der Waals surface area (Å²) in [6, 6.07) is 10.8. The molecular weight excluding hydrogens is 533 g/mol. The fraction of sp³-hybridized carbons (Fsp3) is 0.238. The second-order valence-corrected chi connectivity index (χ2v) is 8.47. The number of ether oxygens (including phenoxy) is 1. The van der Waals surface area contributed by atoms with Crippen molar-refractivity contribution in [2.45, 2.75) is 31.8 Å². The molecule has 2 heterocycles. The number of aromatic nitrogens is 6. The third-order valence-electron chi connectivity index (χ3n) is 5.05. The van der Waals surface area contributed by atoms with E-state index in [9.17, 15) is 13.9 Å². The molecule has 0 amide bonds. The standard InChI is InChI=1S/C21H19F2IN6O2/c1-14(32-10-17-9-30(28-27-17)18-5-3-16(24)4-6-18)21(31,11-29-13-25-12-26-29)19-7-2-15(22)8-20(19)23/h2-9,12-14,31H,10-11H2,1H3/t14-,21-/m1/s1. The topological polar surface area (TPSA) is 90.9 Å². The van der Waals surface area contributed by atoms with E-state index in [4.69, 9.17) is 4.74 Å². The van der Waals surface area contributed by atoms with Crippen molar-refractivity contribution in [2.75, 3.05) is 0 Å². The van der Waals surface area contributed by atoms with Crippen molar-refractivity contribution < 1.29 is 18.6 Å². The summed E-state index contributed by atoms with van der Waals surface area (Å²) in [6.07, 6.45) is 3.50. The minimum absolute atomic E-state index is 0.0218. The second kappa shape index (κ2) is 9.38. The normalized spacial score (nSPS) is 14.3. The van der Waals surface area contributed by atoms with Gasteiger partial charge in [-0.15, -0.1) is 5.10 Å². The fourth-order valence-corrected chi connectivity index (χ4v) is 3.63. The highest BCUT2D eigenvalue weighted by Crippen LogP contribution is 2.32. The first-order chi connectivity index (χ1) is 15.3. The molecule has 0 saturated carbocycles. The second-order valence-electron chi connectivity index (χ2n) is 7.23. The van der Waals surface area contributed by atoms with E-state index in [2.05, 4.69) is 43.0 Å². The number of halogens is 3. The highest BCUT2D eigenvalue weighted by molar-refractivity contribution is 14.1. The van der Waals surface area contributed by atoms with E-state index in [1.807, 2.05) is 24.3 Å². The quantitative estimate of drug-likeness (QED) is 0.338. The van der Waals surface area contributed by atoms with Crippen LogP contribution in [-0.2, 0) is 23.5 Å². The lowest BCUT2D eigenvalue weighted by Gasteiger charge is -2.34. The number of hydrogen-bond donors (Lipinski definition) is 1. The van der Waals surface area contributed by atoms with Crippen LogP contribution in [-0.4, -0.2) is 41.0 Å². The van der Waals surface area contributed by atoms with Crippen LogP contribution in [0.2, 0.25) is 0 Å². The largest absolute Gasteiger partial charge is 0.380 e. The molecule has 11 heteroatoms. The van der Waals surface area contributed by atoms with Crippen LogP contribution in [0, 0.1) is 15.2 Å². The van der Waals surface area contributed by atoms with Gasteiger partial charge in [-0.2, -0.15) is 5.10 Å². The number of nitrogens with zero attached hydrogens (tertiary/aromatic N) is 6. The van der Waals surface area contributed by atoms with E-state index >= 15 is 0 Å². The minimum atomic E-state index is -1.85. The Hall–Kier alpha value is -2.77. The smallest absolute Gasteiger partial charge is 0.138 e. The Balaban J connectivity index is 1.54. The first-order valence-corrected chi connectivity index (χ1v) is 10.7. The van der Waals surface area contributed by atoms with Gasteiger partial charge in [0, 0.05) is 15.2 Å². The zero-order valence-electron chi connectivity index (χ0n) is 16.9. The third-order valence-corrected chi connectivity index (χ3v) is 5.77. The van der Waals surface area contributed by atoms with E-state index in [1.54, 1.807) is 17.8 Å². The zero-order valence-corrected chi connectivity index (χ0v) is 19.1. The number of benzene rings is 2. The third kappa shape index (κ3) is 4.84. The highest BCUT2D eigenvalue weighted by atomic mass is 127. The number of hydrogen-bond acceptors (Lipinski definition) is 6. The first-order valence-electron chi connectivity index (χ1n) is 9.64. The summed E-state index contributed by atoms with van der Waals surface area (Å²) < 4.78 is 38.0. The van der Waals surface area contributed by atoms with Gasteiger partial charge in [-0.3, -0.25) is 0 Å². The van der Waals surface area contributed by atoms with Crippen LogP contribution in [0.15, 0.2) is 61.3 Å². The van der Waals surface area contributed by atoms with Gasteiger partial charge < -0.3 is 9.84 Å². The molecule has 4 rings (SSSR count). The van der Waals surface area contributed by atoms with Gasteiger partial charge in [0.15, 0.2) is 0 Å². The molecule has 2 aromatic heterocycles. The van der Waals surface area contributed by atoms with Crippen molar-refractivity contribution in [3.8, 4) is 5.69 Å². The average Bonchev–Trinajstić information content (AvgIpc) is 3.44.